The van der Waals surface area contributed by atoms with Gasteiger partial charge in [0.15, 0.2) is 0 Å². The maximum absolute atomic E-state index is 11.8. The second-order valence-electron chi connectivity index (χ2n) is 5.43. The molecule has 0 fully saturated rings. The molecule has 20 heavy (non-hydrogen) atoms. The summed E-state index contributed by atoms with van der Waals surface area (Å²) in [6, 6.07) is 1.58. The Morgan fingerprint density at radius 3 is 2.80 bits per heavy atom. The summed E-state index contributed by atoms with van der Waals surface area (Å²) in [5.41, 5.74) is 6.31. The van der Waals surface area contributed by atoms with Gasteiger partial charge >= 0.3 is 5.69 Å². The lowest BCUT2D eigenvalue weighted by Gasteiger charge is -2.31. The van der Waals surface area contributed by atoms with Crippen molar-refractivity contribution in [2.24, 2.45) is 5.41 Å². The van der Waals surface area contributed by atoms with Gasteiger partial charge < -0.3 is 15.9 Å². The van der Waals surface area contributed by atoms with Crippen molar-refractivity contribution in [1.82, 2.24) is 9.55 Å². The van der Waals surface area contributed by atoms with E-state index in [4.69, 9.17) is 5.73 Å². The minimum Gasteiger partial charge on any atom is -0.392 e. The molecule has 0 aromatic carbocycles. The Morgan fingerprint density at radius 1 is 1.45 bits per heavy atom. The summed E-state index contributed by atoms with van der Waals surface area (Å²) in [5.74, 6) is 0.197. The highest BCUT2D eigenvalue weighted by atomic mass is 16.3. The fourth-order valence-corrected chi connectivity index (χ4v) is 2.62. The molecule has 2 rings (SSSR count). The molecule has 1 aromatic heterocycles. The smallest absolute Gasteiger partial charge is 0.349 e. The molecule has 4 N–H and O–H groups in total. The van der Waals surface area contributed by atoms with Crippen LogP contribution in [0.5, 0.6) is 0 Å². The van der Waals surface area contributed by atoms with Crippen molar-refractivity contribution in [2.75, 3.05) is 18.9 Å². The van der Waals surface area contributed by atoms with Crippen LogP contribution in [-0.4, -0.2) is 33.0 Å². The molecule has 0 aliphatic heterocycles. The number of rotatable bonds is 4. The highest BCUT2D eigenvalue weighted by Crippen LogP contribution is 2.34. The van der Waals surface area contributed by atoms with Crippen LogP contribution in [0.3, 0.4) is 0 Å². The topological polar surface area (TPSA) is 101 Å². The van der Waals surface area contributed by atoms with Crippen LogP contribution in [0.1, 0.15) is 13.3 Å². The molecule has 0 spiro atoms. The first kappa shape index (κ1) is 14.5. The lowest BCUT2D eigenvalue weighted by atomic mass is 9.78. The quantitative estimate of drug-likeness (QED) is 0.723. The second kappa shape index (κ2) is 5.60. The van der Waals surface area contributed by atoms with Gasteiger partial charge in [-0.05, 0) is 23.6 Å². The van der Waals surface area contributed by atoms with Crippen LogP contribution in [0, 0.1) is 5.41 Å². The van der Waals surface area contributed by atoms with Crippen molar-refractivity contribution in [1.29, 1.82) is 0 Å². The van der Waals surface area contributed by atoms with Crippen molar-refractivity contribution >= 4 is 5.82 Å². The molecular formula is C14H19N3O3. The van der Waals surface area contributed by atoms with E-state index in [0.29, 0.717) is 13.0 Å². The minimum absolute atomic E-state index is 0.0538. The summed E-state index contributed by atoms with van der Waals surface area (Å²) < 4.78 is 1.49. The van der Waals surface area contributed by atoms with E-state index in [9.17, 15) is 15.0 Å². The molecule has 0 saturated carbocycles. The normalized spacial score (nSPS) is 22.4. The van der Waals surface area contributed by atoms with Gasteiger partial charge in [-0.1, -0.05) is 19.1 Å². The number of hydrogen-bond acceptors (Lipinski definition) is 5. The Kier molecular flexibility index (Phi) is 4.06. The Morgan fingerprint density at radius 2 is 2.20 bits per heavy atom. The third kappa shape index (κ3) is 3.15. The van der Waals surface area contributed by atoms with Crippen molar-refractivity contribution in [2.45, 2.75) is 19.9 Å². The summed E-state index contributed by atoms with van der Waals surface area (Å²) in [4.78, 5) is 15.5. The van der Waals surface area contributed by atoms with Crippen LogP contribution in [0.15, 0.2) is 40.4 Å². The molecule has 0 bridgehead atoms. The van der Waals surface area contributed by atoms with Crippen LogP contribution in [0.2, 0.25) is 0 Å². The molecule has 0 amide bonds. The molecular weight excluding hydrogens is 258 g/mol. The van der Waals surface area contributed by atoms with Gasteiger partial charge in [0, 0.05) is 18.2 Å². The molecule has 1 aliphatic rings. The number of nitrogen functional groups attached to an aromatic ring is 1. The van der Waals surface area contributed by atoms with Crippen molar-refractivity contribution < 1.29 is 10.2 Å². The predicted octanol–water partition coefficient (Wildman–Crippen LogP) is 0.0729. The molecule has 6 heteroatoms. The second-order valence-corrected chi connectivity index (χ2v) is 5.43. The average molecular weight is 277 g/mol. The molecule has 1 aliphatic carbocycles. The standard InChI is InChI=1S/C14H19N3O3/c1-14(5-10(7-18)4-11(6-14)8-19)9-17-3-2-12(15)16-13(17)20/h2-5,18-19H,6-9H2,1H3,(H2,15,16,20). The number of nitrogens with zero attached hydrogens (tertiary/aromatic N) is 2. The van der Waals surface area contributed by atoms with Gasteiger partial charge in [-0.25, -0.2) is 4.79 Å². The average Bonchev–Trinajstić information content (AvgIpc) is 2.41. The third-order valence-corrected chi connectivity index (χ3v) is 3.37. The van der Waals surface area contributed by atoms with Crippen molar-refractivity contribution in [3.63, 3.8) is 0 Å². The number of aliphatic hydroxyl groups is 2. The monoisotopic (exact) mass is 277 g/mol. The Hall–Kier alpha value is -1.92. The molecule has 0 saturated heterocycles. The Bertz CT molecular complexity index is 618. The number of allylic oxidation sites excluding steroid dienone is 1. The van der Waals surface area contributed by atoms with Gasteiger partial charge in [0.1, 0.15) is 5.82 Å². The van der Waals surface area contributed by atoms with Gasteiger partial charge in [-0.15, -0.1) is 0 Å². The lowest BCUT2D eigenvalue weighted by Crippen LogP contribution is -2.32. The number of aliphatic hydroxyl groups excluding tert-OH is 2. The largest absolute Gasteiger partial charge is 0.392 e. The first-order valence-electron chi connectivity index (χ1n) is 6.41. The lowest BCUT2D eigenvalue weighted by molar-refractivity contribution is 0.280. The van der Waals surface area contributed by atoms with E-state index in [1.165, 1.54) is 4.57 Å². The molecule has 1 heterocycles. The molecule has 108 valence electrons. The van der Waals surface area contributed by atoms with Crippen LogP contribution in [0.25, 0.3) is 0 Å². The summed E-state index contributed by atoms with van der Waals surface area (Å²) in [6.45, 7) is 2.25. The molecule has 1 unspecified atom stereocenters. The summed E-state index contributed by atoms with van der Waals surface area (Å²) in [7, 11) is 0. The maximum atomic E-state index is 11.8. The molecule has 0 radical (unpaired) electrons. The predicted molar refractivity (Wildman–Crippen MR) is 76.0 cm³/mol. The van der Waals surface area contributed by atoms with E-state index >= 15 is 0 Å². The van der Waals surface area contributed by atoms with Crippen molar-refractivity contribution in [3.8, 4) is 0 Å². The van der Waals surface area contributed by atoms with Gasteiger partial charge in [0.05, 0.1) is 13.2 Å². The first-order chi connectivity index (χ1) is 9.45. The minimum atomic E-state index is -0.398. The number of aromatic nitrogens is 2. The van der Waals surface area contributed by atoms with Gasteiger partial charge in [0.2, 0.25) is 0 Å². The van der Waals surface area contributed by atoms with Gasteiger partial charge in [0.25, 0.3) is 0 Å². The number of anilines is 1. The fraction of sp³-hybridized carbons (Fsp3) is 0.429. The molecule has 1 atom stereocenters. The van der Waals surface area contributed by atoms with E-state index < -0.39 is 5.69 Å². The summed E-state index contributed by atoms with van der Waals surface area (Å²) in [6.07, 6.45) is 5.98. The van der Waals surface area contributed by atoms with E-state index in [0.717, 1.165) is 11.1 Å². The Labute approximate surface area is 116 Å². The zero-order valence-corrected chi connectivity index (χ0v) is 11.4. The highest BCUT2D eigenvalue weighted by Gasteiger charge is 2.27. The van der Waals surface area contributed by atoms with Crippen LogP contribution in [0.4, 0.5) is 5.82 Å². The van der Waals surface area contributed by atoms with E-state index in [1.807, 2.05) is 13.0 Å². The highest BCUT2D eigenvalue weighted by molar-refractivity contribution is 5.32. The van der Waals surface area contributed by atoms with Crippen LogP contribution >= 0.6 is 0 Å². The van der Waals surface area contributed by atoms with E-state index in [-0.39, 0.29) is 24.4 Å². The van der Waals surface area contributed by atoms with Crippen molar-refractivity contribution in [3.05, 3.63) is 46.0 Å². The van der Waals surface area contributed by atoms with E-state index in [2.05, 4.69) is 4.98 Å². The zero-order valence-electron chi connectivity index (χ0n) is 11.4. The fourth-order valence-electron chi connectivity index (χ4n) is 2.62. The SMILES string of the molecule is CC1(Cn2ccc(N)nc2=O)C=C(CO)C=C(CO)C1. The zero-order chi connectivity index (χ0) is 14.8. The van der Waals surface area contributed by atoms with Crippen LogP contribution in [-0.2, 0) is 6.54 Å². The summed E-state index contributed by atoms with van der Waals surface area (Å²) in [5, 5.41) is 18.6. The van der Waals surface area contributed by atoms with Crippen LogP contribution < -0.4 is 11.4 Å². The first-order valence-corrected chi connectivity index (χ1v) is 6.41. The van der Waals surface area contributed by atoms with Gasteiger partial charge in [-0.3, -0.25) is 4.57 Å². The molecule has 6 nitrogen and oxygen atoms in total. The summed E-state index contributed by atoms with van der Waals surface area (Å²) >= 11 is 0. The maximum Gasteiger partial charge on any atom is 0.349 e. The Balaban J connectivity index is 2.30. The molecule has 1 aromatic rings. The third-order valence-electron chi connectivity index (χ3n) is 3.37. The van der Waals surface area contributed by atoms with Gasteiger partial charge in [-0.2, -0.15) is 4.98 Å². The number of hydrogen-bond donors (Lipinski definition) is 3. The van der Waals surface area contributed by atoms with E-state index in [1.54, 1.807) is 18.3 Å². The number of nitrogens with two attached hydrogens (primary N) is 1.